The van der Waals surface area contributed by atoms with Gasteiger partial charge in [-0.25, -0.2) is 0 Å². The monoisotopic (exact) mass is 400 g/mol. The molecular weight excluding hydrogens is 392 g/mol. The molecule has 0 saturated carbocycles. The van der Waals surface area contributed by atoms with Crippen molar-refractivity contribution < 1.29 is 0 Å². The number of benzene rings is 2. The summed E-state index contributed by atoms with van der Waals surface area (Å²) in [5.41, 5.74) is 0. The first-order valence-electron chi connectivity index (χ1n) is 5.23. The number of rotatable bonds is 0. The molecule has 3 rings (SSSR count). The van der Waals surface area contributed by atoms with Crippen LogP contribution in [0.1, 0.15) is 0 Å². The zero-order valence-electron chi connectivity index (χ0n) is 9.31. The van der Waals surface area contributed by atoms with Gasteiger partial charge in [-0.2, -0.15) is 0 Å². The predicted octanol–water partition coefficient (Wildman–Crippen LogP) is 6.40. The Morgan fingerprint density at radius 3 is 2.33 bits per heavy atom. The smallest absolute Gasteiger partial charge is 0.0354 e. The van der Waals surface area contributed by atoms with Crippen molar-refractivity contribution in [2.75, 3.05) is 0 Å². The van der Waals surface area contributed by atoms with Crippen LogP contribution in [0.4, 0.5) is 0 Å². The van der Waals surface area contributed by atoms with Crippen molar-refractivity contribution in [1.82, 2.24) is 0 Å². The quantitative estimate of drug-likeness (QED) is 0.414. The fourth-order valence-corrected chi connectivity index (χ4v) is 3.68. The molecule has 0 amide bonds. The largest absolute Gasteiger partial charge is 0.144 e. The normalized spacial score (nSPS) is 9.94. The Balaban J connectivity index is 0.000000138. The van der Waals surface area contributed by atoms with Gasteiger partial charge >= 0.3 is 0 Å². The van der Waals surface area contributed by atoms with Gasteiger partial charge < -0.3 is 0 Å². The summed E-state index contributed by atoms with van der Waals surface area (Å²) in [6.45, 7) is 0. The van der Waals surface area contributed by atoms with Crippen LogP contribution in [0.5, 0.6) is 0 Å². The van der Waals surface area contributed by atoms with Crippen molar-refractivity contribution in [3.8, 4) is 0 Å². The number of fused-ring (bicyclic) bond motifs is 1. The first-order valence-corrected chi connectivity index (χ1v) is 8.14. The Morgan fingerprint density at radius 2 is 1.72 bits per heavy atom. The second kappa shape index (κ2) is 6.75. The summed E-state index contributed by atoms with van der Waals surface area (Å²) in [7, 11) is 0. The molecule has 1 aromatic heterocycles. The van der Waals surface area contributed by atoms with Crippen LogP contribution >= 0.6 is 55.8 Å². The lowest BCUT2D eigenvalue weighted by Gasteiger charge is -1.89. The molecule has 3 aromatic rings. The molecule has 0 fully saturated rings. The Bertz CT molecular complexity index is 630. The van der Waals surface area contributed by atoms with Gasteiger partial charge in [0.2, 0.25) is 0 Å². The van der Waals surface area contributed by atoms with E-state index in [1.807, 2.05) is 24.3 Å². The van der Waals surface area contributed by atoms with Gasteiger partial charge in [0.25, 0.3) is 0 Å². The lowest BCUT2D eigenvalue weighted by molar-refractivity contribution is 1.45. The molecule has 0 N–H and O–H groups in total. The Morgan fingerprint density at radius 1 is 0.944 bits per heavy atom. The van der Waals surface area contributed by atoms with E-state index in [9.17, 15) is 0 Å². The molecule has 2 aromatic carbocycles. The number of halogens is 2. The van der Waals surface area contributed by atoms with Gasteiger partial charge in [0.15, 0.2) is 0 Å². The molecule has 0 aliphatic rings. The summed E-state index contributed by atoms with van der Waals surface area (Å²) in [5, 5.41) is 3.42. The molecule has 0 atom stereocenters. The fraction of sp³-hybridized carbons (Fsp3) is 0. The van der Waals surface area contributed by atoms with Gasteiger partial charge in [0.1, 0.15) is 0 Å². The maximum absolute atomic E-state index is 4.12. The van der Waals surface area contributed by atoms with E-state index in [0.29, 0.717) is 0 Å². The zero-order valence-corrected chi connectivity index (χ0v) is 14.2. The van der Waals surface area contributed by atoms with Crippen LogP contribution in [0.25, 0.3) is 10.1 Å². The van der Waals surface area contributed by atoms with Crippen LogP contribution in [-0.2, 0) is 0 Å². The number of thiol groups is 1. The lowest BCUT2D eigenvalue weighted by Crippen LogP contribution is -1.62. The molecule has 0 bridgehead atoms. The number of hydrogen-bond acceptors (Lipinski definition) is 2. The molecule has 4 heteroatoms. The van der Waals surface area contributed by atoms with E-state index in [1.54, 1.807) is 11.3 Å². The Kier molecular flexibility index (Phi) is 5.30. The van der Waals surface area contributed by atoms with E-state index in [4.69, 9.17) is 0 Å². The summed E-state index contributed by atoms with van der Waals surface area (Å²) in [6, 6.07) is 16.2. The second-order valence-electron chi connectivity index (χ2n) is 3.55. The zero-order chi connectivity index (χ0) is 13.0. The molecular formula is C14H10Br2S2. The van der Waals surface area contributed by atoms with E-state index in [-0.39, 0.29) is 0 Å². The van der Waals surface area contributed by atoms with Crippen LogP contribution in [0.2, 0.25) is 0 Å². The highest BCUT2D eigenvalue weighted by Gasteiger charge is 1.95. The summed E-state index contributed by atoms with van der Waals surface area (Å²) in [5.74, 6) is 0. The van der Waals surface area contributed by atoms with Gasteiger partial charge in [-0.1, -0.05) is 44.0 Å². The average molecular weight is 402 g/mol. The standard InChI is InChI=1S/C8H5BrS.C6H5BrS/c9-7-2-1-3-8-6(7)4-5-10-8;7-5-2-1-3-6(8)4-5/h1-5H;1-4,8H. The highest BCUT2D eigenvalue weighted by atomic mass is 79.9. The third-order valence-electron chi connectivity index (χ3n) is 2.25. The van der Waals surface area contributed by atoms with Crippen LogP contribution < -0.4 is 0 Å². The Labute approximate surface area is 133 Å². The van der Waals surface area contributed by atoms with Crippen molar-refractivity contribution >= 4 is 65.9 Å². The van der Waals surface area contributed by atoms with Crippen LogP contribution in [0, 0.1) is 0 Å². The first-order chi connectivity index (χ1) is 8.66. The van der Waals surface area contributed by atoms with E-state index >= 15 is 0 Å². The van der Waals surface area contributed by atoms with Crippen molar-refractivity contribution in [3.63, 3.8) is 0 Å². The molecule has 0 spiro atoms. The SMILES string of the molecule is Brc1cccc2sccc12.Sc1cccc(Br)c1. The maximum Gasteiger partial charge on any atom is 0.0354 e. The van der Waals surface area contributed by atoms with Gasteiger partial charge in [-0.15, -0.1) is 24.0 Å². The van der Waals surface area contributed by atoms with Crippen molar-refractivity contribution in [2.45, 2.75) is 4.90 Å². The third kappa shape index (κ3) is 3.85. The maximum atomic E-state index is 4.12. The molecule has 0 saturated heterocycles. The molecule has 0 nitrogen and oxygen atoms in total. The van der Waals surface area contributed by atoms with Gasteiger partial charge in [-0.05, 0) is 41.8 Å². The summed E-state index contributed by atoms with van der Waals surface area (Å²) in [4.78, 5) is 0.986. The average Bonchev–Trinajstić information content (AvgIpc) is 2.79. The number of hydrogen-bond donors (Lipinski definition) is 1. The molecule has 0 aliphatic heterocycles. The predicted molar refractivity (Wildman–Crippen MR) is 90.9 cm³/mol. The minimum atomic E-state index is 0.986. The summed E-state index contributed by atoms with van der Waals surface area (Å²) in [6.07, 6.45) is 0. The van der Waals surface area contributed by atoms with E-state index in [2.05, 4.69) is 74.1 Å². The Hall–Kier alpha value is -0.290. The van der Waals surface area contributed by atoms with Gasteiger partial charge in [0, 0.05) is 23.9 Å². The van der Waals surface area contributed by atoms with Crippen molar-refractivity contribution in [3.05, 3.63) is 62.9 Å². The first kappa shape index (κ1) is 14.1. The summed E-state index contributed by atoms with van der Waals surface area (Å²) >= 11 is 12.7. The van der Waals surface area contributed by atoms with Crippen LogP contribution in [-0.4, -0.2) is 0 Å². The molecule has 0 radical (unpaired) electrons. The highest BCUT2D eigenvalue weighted by Crippen LogP contribution is 2.27. The molecule has 0 aliphatic carbocycles. The molecule has 0 unspecified atom stereocenters. The van der Waals surface area contributed by atoms with Crippen molar-refractivity contribution in [1.29, 1.82) is 0 Å². The van der Waals surface area contributed by atoms with E-state index in [1.165, 1.54) is 14.6 Å². The second-order valence-corrected chi connectivity index (χ2v) is 6.79. The third-order valence-corrected chi connectivity index (χ3v) is 4.60. The number of thiophene rings is 1. The van der Waals surface area contributed by atoms with E-state index < -0.39 is 0 Å². The lowest BCUT2D eigenvalue weighted by atomic mass is 10.3. The van der Waals surface area contributed by atoms with Crippen molar-refractivity contribution in [2.24, 2.45) is 0 Å². The molecule has 1 heterocycles. The van der Waals surface area contributed by atoms with Gasteiger partial charge in [0.05, 0.1) is 0 Å². The van der Waals surface area contributed by atoms with E-state index in [0.717, 1.165) is 9.37 Å². The summed E-state index contributed by atoms with van der Waals surface area (Å²) < 4.78 is 3.60. The minimum Gasteiger partial charge on any atom is -0.144 e. The minimum absolute atomic E-state index is 0.986. The molecule has 18 heavy (non-hydrogen) atoms. The topological polar surface area (TPSA) is 0 Å². The van der Waals surface area contributed by atoms with Gasteiger partial charge in [-0.3, -0.25) is 0 Å². The van der Waals surface area contributed by atoms with Crippen LogP contribution in [0.15, 0.2) is 67.8 Å². The molecule has 92 valence electrons. The highest BCUT2D eigenvalue weighted by molar-refractivity contribution is 9.11. The van der Waals surface area contributed by atoms with Crippen LogP contribution in [0.3, 0.4) is 0 Å². The fourth-order valence-electron chi connectivity index (χ4n) is 1.43.